The fourth-order valence-corrected chi connectivity index (χ4v) is 10.9. The van der Waals surface area contributed by atoms with Gasteiger partial charge in [0.25, 0.3) is 0 Å². The number of hydrogen-bond acceptors (Lipinski definition) is 5. The molecule has 6 heteroatoms. The molecule has 0 spiro atoms. The van der Waals surface area contributed by atoms with Gasteiger partial charge in [0.05, 0.1) is 25.4 Å². The Hall–Kier alpha value is -1.66. The Bertz CT molecular complexity index is 1190. The van der Waals surface area contributed by atoms with Gasteiger partial charge in [-0.15, -0.1) is 0 Å². The number of esters is 1. The molecule has 0 aromatic carbocycles. The zero-order valence-corrected chi connectivity index (χ0v) is 51.5. The van der Waals surface area contributed by atoms with Crippen molar-refractivity contribution in [3.05, 3.63) is 24.3 Å². The molecular weight excluding hydrogens is 935 g/mol. The Balaban J connectivity index is 3.44. The lowest BCUT2D eigenvalue weighted by molar-refractivity contribution is -0.143. The number of unbranched alkanes of at least 4 members (excludes halogenated alkanes) is 52. The molecule has 0 aliphatic heterocycles. The average molecular weight is 1070 g/mol. The van der Waals surface area contributed by atoms with Gasteiger partial charge >= 0.3 is 5.97 Å². The minimum absolute atomic E-state index is 0.0133. The third-order valence-electron chi connectivity index (χ3n) is 16.2. The summed E-state index contributed by atoms with van der Waals surface area (Å²) in [6.45, 7) is 4.94. The standard InChI is InChI=1S/C70H135NO5/c1-3-5-7-9-11-13-15-17-18-19-20-21-23-26-29-32-35-39-42-46-50-54-58-62-68(73)67(66-72)71-69(74)63-59-55-51-47-43-40-36-33-30-27-24-22-25-28-31-34-37-41-45-49-53-57-61-65-76-70(75)64-60-56-52-48-44-38-16-14-12-10-8-6-4-2/h27,30,58,62,67-68,72-73H,3-26,28-29,31-57,59-61,63-66H2,1-2H3,(H,71,74)/b30-27-,62-58+. The Labute approximate surface area is 475 Å². The second kappa shape index (κ2) is 65.9. The van der Waals surface area contributed by atoms with Crippen LogP contribution in [-0.2, 0) is 14.3 Å². The van der Waals surface area contributed by atoms with E-state index in [1.54, 1.807) is 6.08 Å². The first kappa shape index (κ1) is 74.3. The van der Waals surface area contributed by atoms with E-state index in [1.807, 2.05) is 6.08 Å². The van der Waals surface area contributed by atoms with E-state index < -0.39 is 12.1 Å². The second-order valence-corrected chi connectivity index (χ2v) is 23.9. The van der Waals surface area contributed by atoms with Crippen LogP contribution in [0.15, 0.2) is 24.3 Å². The second-order valence-electron chi connectivity index (χ2n) is 23.9. The smallest absolute Gasteiger partial charge is 0.305 e. The molecular formula is C70H135NO5. The van der Waals surface area contributed by atoms with Crippen molar-refractivity contribution in [2.75, 3.05) is 13.2 Å². The van der Waals surface area contributed by atoms with Gasteiger partial charge in [-0.3, -0.25) is 9.59 Å². The van der Waals surface area contributed by atoms with Gasteiger partial charge in [-0.2, -0.15) is 0 Å². The monoisotopic (exact) mass is 1070 g/mol. The van der Waals surface area contributed by atoms with Crippen LogP contribution in [0.1, 0.15) is 386 Å². The Morgan fingerprint density at radius 2 is 0.618 bits per heavy atom. The third-order valence-corrected chi connectivity index (χ3v) is 16.2. The number of rotatable bonds is 65. The molecule has 2 atom stereocenters. The van der Waals surface area contributed by atoms with Crippen molar-refractivity contribution in [1.82, 2.24) is 5.32 Å². The highest BCUT2D eigenvalue weighted by atomic mass is 16.5. The summed E-state index contributed by atoms with van der Waals surface area (Å²) in [5.74, 6) is -0.0569. The van der Waals surface area contributed by atoms with Gasteiger partial charge in [-0.1, -0.05) is 340 Å². The van der Waals surface area contributed by atoms with Crippen LogP contribution in [0, 0.1) is 0 Å². The number of aliphatic hydroxyl groups excluding tert-OH is 2. The summed E-state index contributed by atoms with van der Waals surface area (Å²) in [4.78, 5) is 24.6. The molecule has 2 unspecified atom stereocenters. The summed E-state index contributed by atoms with van der Waals surface area (Å²) in [7, 11) is 0. The summed E-state index contributed by atoms with van der Waals surface area (Å²) >= 11 is 0. The zero-order chi connectivity index (χ0) is 55.0. The molecule has 0 rings (SSSR count). The molecule has 0 saturated heterocycles. The summed E-state index contributed by atoms with van der Waals surface area (Å²) in [5, 5.41) is 23.3. The van der Waals surface area contributed by atoms with Gasteiger partial charge in [0.2, 0.25) is 5.91 Å². The molecule has 0 bridgehead atoms. The van der Waals surface area contributed by atoms with E-state index in [0.717, 1.165) is 44.9 Å². The fourth-order valence-electron chi connectivity index (χ4n) is 10.9. The molecule has 0 aliphatic carbocycles. The van der Waals surface area contributed by atoms with E-state index in [2.05, 4.69) is 31.3 Å². The first-order valence-corrected chi connectivity index (χ1v) is 34.6. The summed E-state index contributed by atoms with van der Waals surface area (Å²) < 4.78 is 5.48. The normalized spacial score (nSPS) is 12.6. The lowest BCUT2D eigenvalue weighted by Crippen LogP contribution is -2.45. The van der Waals surface area contributed by atoms with Crippen LogP contribution >= 0.6 is 0 Å². The predicted octanol–water partition coefficient (Wildman–Crippen LogP) is 22.1. The third kappa shape index (κ3) is 61.6. The zero-order valence-electron chi connectivity index (χ0n) is 51.5. The Morgan fingerprint density at radius 1 is 0.355 bits per heavy atom. The molecule has 0 heterocycles. The molecule has 3 N–H and O–H groups in total. The topological polar surface area (TPSA) is 95.9 Å². The number of aliphatic hydroxyl groups is 2. The van der Waals surface area contributed by atoms with Crippen LogP contribution in [0.5, 0.6) is 0 Å². The molecule has 0 fully saturated rings. The Morgan fingerprint density at radius 3 is 0.934 bits per heavy atom. The number of amides is 1. The first-order chi connectivity index (χ1) is 37.5. The number of carbonyl (C=O) groups excluding carboxylic acids is 2. The van der Waals surface area contributed by atoms with Crippen molar-refractivity contribution in [1.29, 1.82) is 0 Å². The summed E-state index contributed by atoms with van der Waals surface area (Å²) in [6.07, 6.45) is 82.5. The molecule has 76 heavy (non-hydrogen) atoms. The van der Waals surface area contributed by atoms with Crippen LogP contribution < -0.4 is 5.32 Å². The van der Waals surface area contributed by atoms with Gasteiger partial charge < -0.3 is 20.3 Å². The molecule has 0 aromatic heterocycles. The van der Waals surface area contributed by atoms with E-state index in [4.69, 9.17) is 4.74 Å². The van der Waals surface area contributed by atoms with Crippen LogP contribution in [0.2, 0.25) is 0 Å². The fraction of sp³-hybridized carbons (Fsp3) is 0.914. The van der Waals surface area contributed by atoms with Gasteiger partial charge in [-0.25, -0.2) is 0 Å². The molecule has 0 saturated carbocycles. The van der Waals surface area contributed by atoms with Crippen LogP contribution in [0.3, 0.4) is 0 Å². The van der Waals surface area contributed by atoms with Gasteiger partial charge in [0.15, 0.2) is 0 Å². The van der Waals surface area contributed by atoms with E-state index in [-0.39, 0.29) is 18.5 Å². The van der Waals surface area contributed by atoms with Crippen LogP contribution in [-0.4, -0.2) is 47.4 Å². The number of allylic oxidation sites excluding steroid dienone is 3. The van der Waals surface area contributed by atoms with E-state index in [9.17, 15) is 19.8 Å². The summed E-state index contributed by atoms with van der Waals surface area (Å²) in [6, 6.07) is -0.633. The first-order valence-electron chi connectivity index (χ1n) is 34.6. The Kier molecular flexibility index (Phi) is 64.4. The lowest BCUT2D eigenvalue weighted by Gasteiger charge is -2.20. The van der Waals surface area contributed by atoms with E-state index in [0.29, 0.717) is 19.4 Å². The van der Waals surface area contributed by atoms with Gasteiger partial charge in [0.1, 0.15) is 0 Å². The highest BCUT2D eigenvalue weighted by Crippen LogP contribution is 2.18. The van der Waals surface area contributed by atoms with Crippen molar-refractivity contribution >= 4 is 11.9 Å². The maximum absolute atomic E-state index is 12.5. The molecule has 6 nitrogen and oxygen atoms in total. The number of nitrogens with one attached hydrogen (secondary N) is 1. The van der Waals surface area contributed by atoms with Gasteiger partial charge in [-0.05, 0) is 57.8 Å². The average Bonchev–Trinajstić information content (AvgIpc) is 3.42. The molecule has 0 radical (unpaired) electrons. The van der Waals surface area contributed by atoms with Crippen LogP contribution in [0.25, 0.3) is 0 Å². The van der Waals surface area contributed by atoms with Crippen LogP contribution in [0.4, 0.5) is 0 Å². The van der Waals surface area contributed by atoms with Crippen molar-refractivity contribution in [2.24, 2.45) is 0 Å². The largest absolute Gasteiger partial charge is 0.466 e. The van der Waals surface area contributed by atoms with Crippen molar-refractivity contribution < 1.29 is 24.5 Å². The summed E-state index contributed by atoms with van der Waals surface area (Å²) in [5.41, 5.74) is 0. The highest BCUT2D eigenvalue weighted by Gasteiger charge is 2.18. The van der Waals surface area contributed by atoms with Crippen molar-refractivity contribution in [3.8, 4) is 0 Å². The maximum Gasteiger partial charge on any atom is 0.305 e. The van der Waals surface area contributed by atoms with E-state index in [1.165, 1.54) is 315 Å². The van der Waals surface area contributed by atoms with E-state index >= 15 is 0 Å². The quantitative estimate of drug-likeness (QED) is 0.0320. The van der Waals surface area contributed by atoms with Crippen molar-refractivity contribution in [3.63, 3.8) is 0 Å². The van der Waals surface area contributed by atoms with Gasteiger partial charge in [0, 0.05) is 12.8 Å². The SMILES string of the molecule is CCCCCCCCCCCCCCCCCCCCCCC/C=C/C(O)C(CO)NC(=O)CCCCCCCCC/C=C\CCCCCCCCCCCCCCOC(=O)CCCCCCCCCCCCCCC. The maximum atomic E-state index is 12.5. The molecule has 450 valence electrons. The number of carbonyl (C=O) groups is 2. The molecule has 0 aliphatic rings. The molecule has 1 amide bonds. The highest BCUT2D eigenvalue weighted by molar-refractivity contribution is 5.76. The minimum Gasteiger partial charge on any atom is -0.466 e. The molecule has 0 aromatic rings. The number of ether oxygens (including phenoxy) is 1. The minimum atomic E-state index is -0.849. The predicted molar refractivity (Wildman–Crippen MR) is 333 cm³/mol. The number of hydrogen-bond donors (Lipinski definition) is 3. The lowest BCUT2D eigenvalue weighted by atomic mass is 10.0. The van der Waals surface area contributed by atoms with Crippen molar-refractivity contribution in [2.45, 2.75) is 398 Å².